The van der Waals surface area contributed by atoms with Gasteiger partial charge >= 0.3 is 0 Å². The molecule has 0 nitrogen and oxygen atoms in total. The lowest BCUT2D eigenvalue weighted by atomic mass is 10.1. The average Bonchev–Trinajstić information content (AvgIpc) is 2.12. The summed E-state index contributed by atoms with van der Waals surface area (Å²) in [6.07, 6.45) is 0. The highest BCUT2D eigenvalue weighted by Crippen LogP contribution is 2.07. The summed E-state index contributed by atoms with van der Waals surface area (Å²) >= 11 is 0. The second kappa shape index (κ2) is 7.83. The summed E-state index contributed by atoms with van der Waals surface area (Å²) in [6, 6.07) is 13.1. The third-order valence-corrected chi connectivity index (χ3v) is 2.73. The van der Waals surface area contributed by atoms with Crippen molar-refractivity contribution in [2.24, 2.45) is 0 Å². The zero-order valence-electron chi connectivity index (χ0n) is 12.5. The fourth-order valence-electron chi connectivity index (χ4n) is 2.40. The van der Waals surface area contributed by atoms with Crippen molar-refractivity contribution in [1.29, 1.82) is 0 Å². The van der Waals surface area contributed by atoms with Crippen molar-refractivity contribution in [2.45, 2.75) is 41.5 Å². The second-order valence-corrected chi connectivity index (χ2v) is 5.33. The van der Waals surface area contributed by atoms with Crippen molar-refractivity contribution in [3.05, 3.63) is 69.8 Å². The minimum atomic E-state index is 0. The molecular formula is C18H27B. The van der Waals surface area contributed by atoms with E-state index in [2.05, 4.69) is 77.9 Å². The van der Waals surface area contributed by atoms with Gasteiger partial charge in [-0.3, -0.25) is 0 Å². The highest BCUT2D eigenvalue weighted by Gasteiger charge is 1.88. The van der Waals surface area contributed by atoms with E-state index in [1.54, 1.807) is 0 Å². The van der Waals surface area contributed by atoms with Gasteiger partial charge in [-0.25, -0.2) is 0 Å². The molecule has 0 amide bonds. The summed E-state index contributed by atoms with van der Waals surface area (Å²) in [4.78, 5) is 0. The van der Waals surface area contributed by atoms with Crippen LogP contribution in [0, 0.1) is 41.5 Å². The van der Waals surface area contributed by atoms with Crippen LogP contribution in [-0.4, -0.2) is 8.41 Å². The second-order valence-electron chi connectivity index (χ2n) is 5.33. The quantitative estimate of drug-likeness (QED) is 0.622. The van der Waals surface area contributed by atoms with Gasteiger partial charge in [-0.15, -0.1) is 0 Å². The van der Waals surface area contributed by atoms with E-state index in [-0.39, 0.29) is 8.41 Å². The summed E-state index contributed by atoms with van der Waals surface area (Å²) in [5.41, 5.74) is 8.13. The van der Waals surface area contributed by atoms with E-state index in [9.17, 15) is 0 Å². The fraction of sp³-hybridized carbons (Fsp3) is 0.333. The molecule has 0 saturated heterocycles. The first-order chi connectivity index (χ1) is 8.36. The summed E-state index contributed by atoms with van der Waals surface area (Å²) in [7, 11) is 0. The Kier molecular flexibility index (Phi) is 7.22. The number of aryl methyl sites for hydroxylation is 6. The molecule has 0 aliphatic rings. The van der Waals surface area contributed by atoms with Gasteiger partial charge < -0.3 is 0 Å². The lowest BCUT2D eigenvalue weighted by Crippen LogP contribution is -1.78. The topological polar surface area (TPSA) is 0 Å². The minimum absolute atomic E-state index is 0. The maximum absolute atomic E-state index is 2.19. The Hall–Kier alpha value is -1.50. The Bertz CT molecular complexity index is 377. The third kappa shape index (κ3) is 6.86. The molecule has 0 unspecified atom stereocenters. The zero-order valence-corrected chi connectivity index (χ0v) is 12.5. The van der Waals surface area contributed by atoms with Gasteiger partial charge in [0.25, 0.3) is 0 Å². The molecule has 0 spiro atoms. The molecular weight excluding hydrogens is 227 g/mol. The molecule has 2 aromatic rings. The van der Waals surface area contributed by atoms with Gasteiger partial charge in [0.1, 0.15) is 0 Å². The highest BCUT2D eigenvalue weighted by molar-refractivity contribution is 5.75. The van der Waals surface area contributed by atoms with Crippen molar-refractivity contribution in [2.75, 3.05) is 0 Å². The molecule has 0 radical (unpaired) electrons. The molecule has 2 aromatic carbocycles. The van der Waals surface area contributed by atoms with E-state index < -0.39 is 0 Å². The molecule has 19 heavy (non-hydrogen) atoms. The van der Waals surface area contributed by atoms with Crippen LogP contribution < -0.4 is 0 Å². The van der Waals surface area contributed by atoms with Gasteiger partial charge in [-0.05, 0) is 41.5 Å². The maximum atomic E-state index is 2.19. The normalized spacial score (nSPS) is 9.16. The molecule has 0 saturated carbocycles. The Morgan fingerprint density at radius 3 is 0.579 bits per heavy atom. The van der Waals surface area contributed by atoms with Gasteiger partial charge in [0, 0.05) is 0 Å². The monoisotopic (exact) mass is 254 g/mol. The predicted octanol–water partition coefficient (Wildman–Crippen LogP) is 4.04. The molecule has 0 aliphatic heterocycles. The Morgan fingerprint density at radius 1 is 0.368 bits per heavy atom. The maximum Gasteiger partial charge on any atom is 0.0814 e. The number of hydrogen-bond acceptors (Lipinski definition) is 0. The van der Waals surface area contributed by atoms with Gasteiger partial charge in [0.15, 0.2) is 0 Å². The van der Waals surface area contributed by atoms with Crippen molar-refractivity contribution in [3.63, 3.8) is 0 Å². The van der Waals surface area contributed by atoms with Crippen LogP contribution in [0.4, 0.5) is 0 Å². The van der Waals surface area contributed by atoms with Crippen molar-refractivity contribution >= 4 is 8.41 Å². The first kappa shape index (κ1) is 17.5. The van der Waals surface area contributed by atoms with Crippen LogP contribution in [0.1, 0.15) is 33.4 Å². The highest BCUT2D eigenvalue weighted by atomic mass is 13.9. The molecule has 2 rings (SSSR count). The molecule has 0 aromatic heterocycles. The Labute approximate surface area is 120 Å². The van der Waals surface area contributed by atoms with Crippen molar-refractivity contribution in [1.82, 2.24) is 0 Å². The predicted molar refractivity (Wildman–Crippen MR) is 91.2 cm³/mol. The number of benzene rings is 2. The van der Waals surface area contributed by atoms with E-state index in [0.717, 1.165) is 0 Å². The Morgan fingerprint density at radius 2 is 0.474 bits per heavy atom. The molecule has 0 N–H and O–H groups in total. The summed E-state index contributed by atoms with van der Waals surface area (Å²) < 4.78 is 0. The standard InChI is InChI=1S/2C9H12.BH3/c2*1-7-4-8(2)6-9(3)5-7;/h2*4-6H,1-3H3;1H3. The van der Waals surface area contributed by atoms with Crippen LogP contribution in [-0.2, 0) is 0 Å². The number of hydrogen-bond donors (Lipinski definition) is 0. The van der Waals surface area contributed by atoms with E-state index in [4.69, 9.17) is 0 Å². The fourth-order valence-corrected chi connectivity index (χ4v) is 2.40. The largest absolute Gasteiger partial charge is 0.0814 e. The van der Waals surface area contributed by atoms with Crippen LogP contribution in [0.3, 0.4) is 0 Å². The van der Waals surface area contributed by atoms with E-state index in [1.807, 2.05) is 0 Å². The van der Waals surface area contributed by atoms with Gasteiger partial charge in [-0.2, -0.15) is 0 Å². The van der Waals surface area contributed by atoms with E-state index >= 15 is 0 Å². The molecule has 1 heteroatoms. The smallest absolute Gasteiger partial charge is 0.0564 e. The average molecular weight is 254 g/mol. The number of rotatable bonds is 0. The van der Waals surface area contributed by atoms with Crippen LogP contribution in [0.25, 0.3) is 0 Å². The van der Waals surface area contributed by atoms with Gasteiger partial charge in [0.2, 0.25) is 0 Å². The SMILES string of the molecule is B.Cc1cc(C)cc(C)c1.Cc1cc(C)cc(C)c1. The lowest BCUT2D eigenvalue weighted by molar-refractivity contribution is 1.32. The molecule has 0 bridgehead atoms. The van der Waals surface area contributed by atoms with Gasteiger partial charge in [-0.1, -0.05) is 69.8 Å². The molecule has 0 atom stereocenters. The Balaban J connectivity index is 0.000000324. The molecule has 0 fully saturated rings. The van der Waals surface area contributed by atoms with Crippen molar-refractivity contribution in [3.8, 4) is 0 Å². The van der Waals surface area contributed by atoms with Crippen LogP contribution >= 0.6 is 0 Å². The van der Waals surface area contributed by atoms with Crippen molar-refractivity contribution < 1.29 is 0 Å². The van der Waals surface area contributed by atoms with Gasteiger partial charge in [0.05, 0.1) is 8.41 Å². The van der Waals surface area contributed by atoms with Crippen LogP contribution in [0.2, 0.25) is 0 Å². The zero-order chi connectivity index (χ0) is 13.7. The lowest BCUT2D eigenvalue weighted by Gasteiger charge is -1.96. The minimum Gasteiger partial charge on any atom is -0.0564 e. The van der Waals surface area contributed by atoms with Crippen LogP contribution in [0.15, 0.2) is 36.4 Å². The molecule has 102 valence electrons. The first-order valence-electron chi connectivity index (χ1n) is 6.46. The van der Waals surface area contributed by atoms with Crippen LogP contribution in [0.5, 0.6) is 0 Å². The third-order valence-electron chi connectivity index (χ3n) is 2.73. The summed E-state index contributed by atoms with van der Waals surface area (Å²) in [5, 5.41) is 0. The van der Waals surface area contributed by atoms with E-state index in [1.165, 1.54) is 33.4 Å². The summed E-state index contributed by atoms with van der Waals surface area (Å²) in [6.45, 7) is 12.8. The molecule has 0 aliphatic carbocycles. The first-order valence-corrected chi connectivity index (χ1v) is 6.46. The van der Waals surface area contributed by atoms with E-state index in [0.29, 0.717) is 0 Å². The molecule has 0 heterocycles. The summed E-state index contributed by atoms with van der Waals surface area (Å²) in [5.74, 6) is 0.